The average molecular weight is 321 g/mol. The van der Waals surface area contributed by atoms with Gasteiger partial charge < -0.3 is 9.13 Å². The van der Waals surface area contributed by atoms with Crippen LogP contribution in [-0.4, -0.2) is 24.1 Å². The van der Waals surface area contributed by atoms with E-state index in [9.17, 15) is 4.39 Å². The molecule has 0 atom stereocenters. The minimum atomic E-state index is -0.270. The third-order valence-electron chi connectivity index (χ3n) is 4.06. The van der Waals surface area contributed by atoms with Gasteiger partial charge in [-0.25, -0.2) is 14.4 Å². The van der Waals surface area contributed by atoms with Crippen LogP contribution in [0.4, 0.5) is 4.39 Å². The number of rotatable bonds is 4. The fourth-order valence-corrected chi connectivity index (χ4v) is 2.98. The van der Waals surface area contributed by atoms with E-state index < -0.39 is 0 Å². The monoisotopic (exact) mass is 321 g/mol. The van der Waals surface area contributed by atoms with E-state index in [1.165, 1.54) is 12.1 Å². The molecule has 3 heterocycles. The first-order chi connectivity index (χ1) is 11.8. The standard InChI is InChI=1S/C18H16FN5/c1-2-24-16-6-7-20-11-15(16)22-17(24)12-23-9-8-21-18(23)13-4-3-5-14(19)10-13/h3-11H,2,12H2,1H3. The predicted octanol–water partition coefficient (Wildman–Crippen LogP) is 3.50. The molecule has 4 aromatic rings. The molecule has 24 heavy (non-hydrogen) atoms. The van der Waals surface area contributed by atoms with Crippen LogP contribution in [0.25, 0.3) is 22.4 Å². The van der Waals surface area contributed by atoms with Gasteiger partial charge in [0.05, 0.1) is 18.3 Å². The third-order valence-corrected chi connectivity index (χ3v) is 4.06. The van der Waals surface area contributed by atoms with Crippen molar-refractivity contribution in [3.63, 3.8) is 0 Å². The van der Waals surface area contributed by atoms with Crippen LogP contribution in [0.1, 0.15) is 12.7 Å². The first-order valence-corrected chi connectivity index (χ1v) is 7.82. The van der Waals surface area contributed by atoms with Crippen LogP contribution < -0.4 is 0 Å². The van der Waals surface area contributed by atoms with Gasteiger partial charge in [-0.3, -0.25) is 4.98 Å². The molecule has 120 valence electrons. The molecule has 0 aliphatic heterocycles. The second kappa shape index (κ2) is 5.88. The maximum absolute atomic E-state index is 13.5. The second-order valence-corrected chi connectivity index (χ2v) is 5.53. The summed E-state index contributed by atoms with van der Waals surface area (Å²) >= 11 is 0. The fourth-order valence-electron chi connectivity index (χ4n) is 2.98. The molecule has 1 aromatic carbocycles. The van der Waals surface area contributed by atoms with Gasteiger partial charge in [0.1, 0.15) is 23.0 Å². The maximum atomic E-state index is 13.5. The van der Waals surface area contributed by atoms with Gasteiger partial charge >= 0.3 is 0 Å². The number of hydrogen-bond donors (Lipinski definition) is 0. The summed E-state index contributed by atoms with van der Waals surface area (Å²) in [6.07, 6.45) is 7.15. The molecule has 0 amide bonds. The van der Waals surface area contributed by atoms with Crippen molar-refractivity contribution in [1.29, 1.82) is 0 Å². The van der Waals surface area contributed by atoms with Crippen LogP contribution >= 0.6 is 0 Å². The van der Waals surface area contributed by atoms with Gasteiger partial charge in [-0.2, -0.15) is 0 Å². The number of imidazole rings is 2. The van der Waals surface area contributed by atoms with Gasteiger partial charge in [0, 0.05) is 30.7 Å². The van der Waals surface area contributed by atoms with Crippen molar-refractivity contribution in [1.82, 2.24) is 24.1 Å². The highest BCUT2D eigenvalue weighted by atomic mass is 19.1. The van der Waals surface area contributed by atoms with Gasteiger partial charge in [-0.15, -0.1) is 0 Å². The molecule has 0 fully saturated rings. The van der Waals surface area contributed by atoms with E-state index in [4.69, 9.17) is 0 Å². The number of aryl methyl sites for hydroxylation is 1. The Kier molecular flexibility index (Phi) is 3.57. The molecule has 6 heteroatoms. The smallest absolute Gasteiger partial charge is 0.140 e. The van der Waals surface area contributed by atoms with Crippen LogP contribution in [-0.2, 0) is 13.1 Å². The minimum absolute atomic E-state index is 0.270. The zero-order valence-corrected chi connectivity index (χ0v) is 13.2. The number of fused-ring (bicyclic) bond motifs is 1. The van der Waals surface area contributed by atoms with E-state index in [0.29, 0.717) is 6.54 Å². The van der Waals surface area contributed by atoms with Crippen LogP contribution in [0.15, 0.2) is 55.1 Å². The number of hydrogen-bond acceptors (Lipinski definition) is 3. The molecule has 0 spiro atoms. The molecule has 0 aliphatic carbocycles. The molecule has 0 N–H and O–H groups in total. The maximum Gasteiger partial charge on any atom is 0.140 e. The molecule has 0 aliphatic rings. The molecule has 0 saturated carbocycles. The summed E-state index contributed by atoms with van der Waals surface area (Å²) in [7, 11) is 0. The first kappa shape index (κ1) is 14.6. The predicted molar refractivity (Wildman–Crippen MR) is 89.9 cm³/mol. The molecular weight excluding hydrogens is 305 g/mol. The summed E-state index contributed by atoms with van der Waals surface area (Å²) in [4.78, 5) is 13.2. The van der Waals surface area contributed by atoms with E-state index in [1.807, 2.05) is 22.9 Å². The summed E-state index contributed by atoms with van der Waals surface area (Å²) in [5, 5.41) is 0. The van der Waals surface area contributed by atoms with E-state index in [-0.39, 0.29) is 5.82 Å². The quantitative estimate of drug-likeness (QED) is 0.578. The normalized spacial score (nSPS) is 11.2. The highest BCUT2D eigenvalue weighted by Gasteiger charge is 2.13. The van der Waals surface area contributed by atoms with E-state index in [2.05, 4.69) is 26.4 Å². The number of nitrogens with zero attached hydrogens (tertiary/aromatic N) is 5. The highest BCUT2D eigenvalue weighted by molar-refractivity contribution is 5.74. The van der Waals surface area contributed by atoms with Gasteiger partial charge in [-0.1, -0.05) is 12.1 Å². The lowest BCUT2D eigenvalue weighted by Crippen LogP contribution is -2.08. The lowest BCUT2D eigenvalue weighted by atomic mass is 10.2. The SMILES string of the molecule is CCn1c(Cn2ccnc2-c2cccc(F)c2)nc2cnccc21. The average Bonchev–Trinajstić information content (AvgIpc) is 3.19. The zero-order chi connectivity index (χ0) is 16.5. The summed E-state index contributed by atoms with van der Waals surface area (Å²) in [6.45, 7) is 3.47. The van der Waals surface area contributed by atoms with Crippen molar-refractivity contribution in [2.24, 2.45) is 0 Å². The summed E-state index contributed by atoms with van der Waals surface area (Å²) < 4.78 is 17.7. The Balaban J connectivity index is 1.76. The van der Waals surface area contributed by atoms with E-state index >= 15 is 0 Å². The first-order valence-electron chi connectivity index (χ1n) is 7.82. The Labute approximate surface area is 138 Å². The Bertz CT molecular complexity index is 1000. The number of aromatic nitrogens is 5. The van der Waals surface area contributed by atoms with Crippen molar-refractivity contribution in [3.05, 3.63) is 66.8 Å². The molecule has 5 nitrogen and oxygen atoms in total. The van der Waals surface area contributed by atoms with Gasteiger partial charge in [0.15, 0.2) is 0 Å². The number of pyridine rings is 1. The topological polar surface area (TPSA) is 48.5 Å². The third kappa shape index (κ3) is 2.46. The van der Waals surface area contributed by atoms with Crippen LogP contribution in [0.3, 0.4) is 0 Å². The Morgan fingerprint density at radius 3 is 2.92 bits per heavy atom. The van der Waals surface area contributed by atoms with Crippen LogP contribution in [0, 0.1) is 5.82 Å². The van der Waals surface area contributed by atoms with Crippen molar-refractivity contribution in [2.75, 3.05) is 0 Å². The molecule has 0 radical (unpaired) electrons. The van der Waals surface area contributed by atoms with Crippen molar-refractivity contribution < 1.29 is 4.39 Å². The molecule has 4 rings (SSSR count). The lowest BCUT2D eigenvalue weighted by Gasteiger charge is -2.10. The van der Waals surface area contributed by atoms with Crippen molar-refractivity contribution >= 4 is 11.0 Å². The van der Waals surface area contributed by atoms with Crippen LogP contribution in [0.5, 0.6) is 0 Å². The number of halogens is 1. The fraction of sp³-hybridized carbons (Fsp3) is 0.167. The molecular formula is C18H16FN5. The van der Waals surface area contributed by atoms with E-state index in [0.717, 1.165) is 34.8 Å². The van der Waals surface area contributed by atoms with Crippen molar-refractivity contribution in [3.8, 4) is 11.4 Å². The highest BCUT2D eigenvalue weighted by Crippen LogP contribution is 2.21. The van der Waals surface area contributed by atoms with Gasteiger partial charge in [0.2, 0.25) is 0 Å². The molecule has 0 bridgehead atoms. The van der Waals surface area contributed by atoms with Crippen molar-refractivity contribution in [2.45, 2.75) is 20.0 Å². The Morgan fingerprint density at radius 2 is 2.08 bits per heavy atom. The zero-order valence-electron chi connectivity index (χ0n) is 13.2. The Morgan fingerprint density at radius 1 is 1.17 bits per heavy atom. The minimum Gasteiger partial charge on any atom is -0.327 e. The second-order valence-electron chi connectivity index (χ2n) is 5.53. The van der Waals surface area contributed by atoms with Gasteiger partial charge in [0.25, 0.3) is 0 Å². The summed E-state index contributed by atoms with van der Waals surface area (Å²) in [5.74, 6) is 1.38. The summed E-state index contributed by atoms with van der Waals surface area (Å²) in [5.41, 5.74) is 2.69. The molecule has 0 saturated heterocycles. The lowest BCUT2D eigenvalue weighted by molar-refractivity contribution is 0.627. The van der Waals surface area contributed by atoms with E-state index in [1.54, 1.807) is 24.7 Å². The van der Waals surface area contributed by atoms with Crippen LogP contribution in [0.2, 0.25) is 0 Å². The summed E-state index contributed by atoms with van der Waals surface area (Å²) in [6, 6.07) is 8.44. The molecule has 3 aromatic heterocycles. The number of benzene rings is 1. The Hall–Kier alpha value is -3.02. The largest absolute Gasteiger partial charge is 0.327 e. The molecule has 0 unspecified atom stereocenters. The van der Waals surface area contributed by atoms with Gasteiger partial charge in [-0.05, 0) is 25.1 Å².